The second-order valence-corrected chi connectivity index (χ2v) is 4.16. The third-order valence-corrected chi connectivity index (χ3v) is 3.24. The lowest BCUT2D eigenvalue weighted by Gasteiger charge is -1.99. The van der Waals surface area contributed by atoms with Crippen LogP contribution in [0.3, 0.4) is 0 Å². The van der Waals surface area contributed by atoms with Gasteiger partial charge in [-0.1, -0.05) is 24.3 Å². The number of rotatable bonds is 0. The Morgan fingerprint density at radius 2 is 1.94 bits per heavy atom. The fourth-order valence-corrected chi connectivity index (χ4v) is 2.49. The summed E-state index contributed by atoms with van der Waals surface area (Å²) in [4.78, 5) is 4.20. The van der Waals surface area contributed by atoms with Gasteiger partial charge in [-0.25, -0.2) is 4.98 Å². The normalized spacial score (nSPS) is 12.8. The van der Waals surface area contributed by atoms with Crippen molar-refractivity contribution in [1.82, 2.24) is 4.98 Å². The smallest absolute Gasteiger partial charge is 0.181 e. The summed E-state index contributed by atoms with van der Waals surface area (Å²) >= 11 is 0. The Labute approximate surface area is 92.5 Å². The van der Waals surface area contributed by atoms with Gasteiger partial charge in [0.2, 0.25) is 0 Å². The highest BCUT2D eigenvalue weighted by atomic mass is 16.3. The van der Waals surface area contributed by atoms with Gasteiger partial charge >= 0.3 is 0 Å². The Bertz CT molecular complexity index is 697. The van der Waals surface area contributed by atoms with Crippen LogP contribution in [0, 0.1) is 0 Å². The number of hydrogen-bond acceptors (Lipinski definition) is 2. The van der Waals surface area contributed by atoms with Gasteiger partial charge in [0.15, 0.2) is 12.0 Å². The minimum atomic E-state index is 0.881. The Kier molecular flexibility index (Phi) is 1.38. The maximum Gasteiger partial charge on any atom is 0.181 e. The van der Waals surface area contributed by atoms with E-state index in [0.717, 1.165) is 17.5 Å². The number of oxazole rings is 1. The van der Waals surface area contributed by atoms with Gasteiger partial charge in [0.05, 0.1) is 0 Å². The molecule has 1 aliphatic carbocycles. The van der Waals surface area contributed by atoms with Gasteiger partial charge in [-0.15, -0.1) is 0 Å². The van der Waals surface area contributed by atoms with Crippen LogP contribution in [-0.4, -0.2) is 4.98 Å². The van der Waals surface area contributed by atoms with Gasteiger partial charge in [-0.3, -0.25) is 0 Å². The fraction of sp³-hybridized carbons (Fsp3) is 0.0714. The van der Waals surface area contributed by atoms with Gasteiger partial charge < -0.3 is 4.42 Å². The van der Waals surface area contributed by atoms with Crippen LogP contribution in [0.4, 0.5) is 0 Å². The molecule has 1 heterocycles. The molecule has 0 radical (unpaired) electrons. The lowest BCUT2D eigenvalue weighted by Crippen LogP contribution is -1.79. The molecular formula is C14H9NO. The molecular weight excluding hydrogens is 198 g/mol. The van der Waals surface area contributed by atoms with Crippen molar-refractivity contribution >= 4 is 11.1 Å². The standard InChI is InChI=1S/C14H9NO/c1-2-4-11-9(3-1)5-10-6-14-13(7-12(10)11)15-8-16-14/h1-4,6-8H,5H2. The Morgan fingerprint density at radius 3 is 2.94 bits per heavy atom. The maximum absolute atomic E-state index is 5.33. The molecule has 0 saturated carbocycles. The molecule has 2 aromatic carbocycles. The average Bonchev–Trinajstić information content (AvgIpc) is 2.88. The summed E-state index contributed by atoms with van der Waals surface area (Å²) in [6.45, 7) is 0. The summed E-state index contributed by atoms with van der Waals surface area (Å²) < 4.78 is 5.33. The first-order valence-electron chi connectivity index (χ1n) is 5.36. The van der Waals surface area contributed by atoms with Crippen molar-refractivity contribution < 1.29 is 4.42 Å². The minimum Gasteiger partial charge on any atom is -0.443 e. The summed E-state index contributed by atoms with van der Waals surface area (Å²) in [6, 6.07) is 12.8. The Balaban J connectivity index is 2.09. The second kappa shape index (κ2) is 2.73. The molecule has 0 amide bonds. The zero-order valence-corrected chi connectivity index (χ0v) is 8.60. The van der Waals surface area contributed by atoms with E-state index in [1.807, 2.05) is 0 Å². The molecule has 1 aromatic heterocycles. The van der Waals surface area contributed by atoms with E-state index in [-0.39, 0.29) is 0 Å². The molecule has 0 unspecified atom stereocenters. The van der Waals surface area contributed by atoms with Crippen LogP contribution in [0.2, 0.25) is 0 Å². The van der Waals surface area contributed by atoms with Crippen molar-refractivity contribution in [3.8, 4) is 11.1 Å². The van der Waals surface area contributed by atoms with Crippen molar-refractivity contribution in [2.24, 2.45) is 0 Å². The molecule has 0 aliphatic heterocycles. The number of benzene rings is 2. The predicted molar refractivity (Wildman–Crippen MR) is 62.3 cm³/mol. The SMILES string of the molecule is c1ccc2c(c1)Cc1cc3ocnc3cc1-2. The van der Waals surface area contributed by atoms with E-state index in [9.17, 15) is 0 Å². The third kappa shape index (κ3) is 0.936. The molecule has 0 fully saturated rings. The first-order chi connectivity index (χ1) is 7.92. The fourth-order valence-electron chi connectivity index (χ4n) is 2.49. The van der Waals surface area contributed by atoms with E-state index in [1.165, 1.54) is 28.6 Å². The molecule has 0 N–H and O–H groups in total. The molecule has 1 aliphatic rings. The van der Waals surface area contributed by atoms with Gasteiger partial charge in [-0.2, -0.15) is 0 Å². The topological polar surface area (TPSA) is 26.0 Å². The molecule has 76 valence electrons. The van der Waals surface area contributed by atoms with E-state index in [1.54, 1.807) is 0 Å². The lowest BCUT2D eigenvalue weighted by molar-refractivity contribution is 0.602. The summed E-state index contributed by atoms with van der Waals surface area (Å²) in [5, 5.41) is 0. The van der Waals surface area contributed by atoms with Gasteiger partial charge in [0.1, 0.15) is 5.52 Å². The van der Waals surface area contributed by atoms with Crippen molar-refractivity contribution in [3.63, 3.8) is 0 Å². The Hall–Kier alpha value is -2.09. The van der Waals surface area contributed by atoms with E-state index in [2.05, 4.69) is 41.4 Å². The van der Waals surface area contributed by atoms with Crippen molar-refractivity contribution in [3.05, 3.63) is 53.9 Å². The van der Waals surface area contributed by atoms with E-state index >= 15 is 0 Å². The lowest BCUT2D eigenvalue weighted by atomic mass is 10.1. The quantitative estimate of drug-likeness (QED) is 0.441. The molecule has 0 bridgehead atoms. The summed E-state index contributed by atoms with van der Waals surface area (Å²) in [5.74, 6) is 0. The Morgan fingerprint density at radius 1 is 1.00 bits per heavy atom. The van der Waals surface area contributed by atoms with Crippen LogP contribution >= 0.6 is 0 Å². The minimum absolute atomic E-state index is 0.881. The predicted octanol–water partition coefficient (Wildman–Crippen LogP) is 3.40. The molecule has 3 aromatic rings. The highest BCUT2D eigenvalue weighted by Crippen LogP contribution is 2.38. The molecule has 16 heavy (non-hydrogen) atoms. The zero-order valence-electron chi connectivity index (χ0n) is 8.60. The van der Waals surface area contributed by atoms with Crippen LogP contribution in [0.5, 0.6) is 0 Å². The van der Waals surface area contributed by atoms with E-state index in [4.69, 9.17) is 4.42 Å². The first-order valence-corrected chi connectivity index (χ1v) is 5.36. The van der Waals surface area contributed by atoms with Crippen LogP contribution in [0.25, 0.3) is 22.2 Å². The summed E-state index contributed by atoms with van der Waals surface area (Å²) in [7, 11) is 0. The molecule has 4 rings (SSSR count). The zero-order chi connectivity index (χ0) is 10.5. The highest BCUT2D eigenvalue weighted by Gasteiger charge is 2.19. The van der Waals surface area contributed by atoms with Crippen molar-refractivity contribution in [2.75, 3.05) is 0 Å². The first kappa shape index (κ1) is 8.11. The maximum atomic E-state index is 5.33. The second-order valence-electron chi connectivity index (χ2n) is 4.16. The average molecular weight is 207 g/mol. The molecule has 0 saturated heterocycles. The van der Waals surface area contributed by atoms with E-state index in [0.29, 0.717) is 0 Å². The van der Waals surface area contributed by atoms with Crippen molar-refractivity contribution in [1.29, 1.82) is 0 Å². The summed E-state index contributed by atoms with van der Waals surface area (Å²) in [6.07, 6.45) is 2.51. The summed E-state index contributed by atoms with van der Waals surface area (Å²) in [5.41, 5.74) is 7.19. The van der Waals surface area contributed by atoms with Crippen molar-refractivity contribution in [2.45, 2.75) is 6.42 Å². The van der Waals surface area contributed by atoms with Gasteiger partial charge in [0.25, 0.3) is 0 Å². The van der Waals surface area contributed by atoms with Crippen LogP contribution in [0.15, 0.2) is 47.2 Å². The third-order valence-electron chi connectivity index (χ3n) is 3.24. The number of aromatic nitrogens is 1. The number of hydrogen-bond donors (Lipinski definition) is 0. The molecule has 2 heteroatoms. The number of fused-ring (bicyclic) bond motifs is 4. The van der Waals surface area contributed by atoms with Crippen LogP contribution in [-0.2, 0) is 6.42 Å². The molecule has 0 atom stereocenters. The molecule has 2 nitrogen and oxygen atoms in total. The van der Waals surface area contributed by atoms with E-state index < -0.39 is 0 Å². The van der Waals surface area contributed by atoms with Gasteiger partial charge in [-0.05, 0) is 40.8 Å². The monoisotopic (exact) mass is 207 g/mol. The largest absolute Gasteiger partial charge is 0.443 e. The van der Waals surface area contributed by atoms with Gasteiger partial charge in [0, 0.05) is 0 Å². The number of nitrogens with zero attached hydrogens (tertiary/aromatic N) is 1. The van der Waals surface area contributed by atoms with Crippen LogP contribution < -0.4 is 0 Å². The van der Waals surface area contributed by atoms with Crippen LogP contribution in [0.1, 0.15) is 11.1 Å². The molecule has 0 spiro atoms. The highest BCUT2D eigenvalue weighted by molar-refractivity contribution is 5.86.